The number of hydrogen-bond donors (Lipinski definition) is 4. The molecule has 5 N–H and O–H groups in total. The molecule has 4 heterocycles. The third kappa shape index (κ3) is 9.67. The second-order valence-corrected chi connectivity index (χ2v) is 17.6. The van der Waals surface area contributed by atoms with E-state index in [9.17, 15) is 35.5 Å². The molecule has 0 aromatic heterocycles. The largest absolute Gasteiger partial charge is 1.00 e. The maximum Gasteiger partial charge on any atom is 1.00 e. The Kier molecular flexibility index (Phi) is 14.9. The molecule has 0 radical (unpaired) electrons. The van der Waals surface area contributed by atoms with Gasteiger partial charge < -0.3 is 47.4 Å². The van der Waals surface area contributed by atoms with Crippen molar-refractivity contribution in [2.75, 3.05) is 45.6 Å². The quantitative estimate of drug-likeness (QED) is 0.0603. The van der Waals surface area contributed by atoms with Crippen LogP contribution in [-0.2, 0) is 20.2 Å². The van der Waals surface area contributed by atoms with Crippen molar-refractivity contribution >= 4 is 65.3 Å². The van der Waals surface area contributed by atoms with E-state index in [1.807, 2.05) is 0 Å². The number of carbonyl (C=O) groups excluding carboxylic acids is 2. The van der Waals surface area contributed by atoms with Crippen molar-refractivity contribution in [1.29, 1.82) is 0 Å². The normalized spacial score (nSPS) is 18.8. The van der Waals surface area contributed by atoms with Gasteiger partial charge in [-0.2, -0.15) is 16.8 Å². The zero-order valence-electron chi connectivity index (χ0n) is 37.5. The SMILES string of the molecule is COc1ccc(C2=CN3C(=O)c4cc(OC)c(OCCCOc5cc6c(cc5OC)C(=O)N5C=C(c7ccc(N)cc7)C[C@H]5C(S(=O)(=O)O)=N6)cc4NC(S(=O)(=O)O)C3C2)cc1.[H-].[H-].[Na+].[Na+]. The van der Waals surface area contributed by atoms with Gasteiger partial charge >= 0.3 is 69.2 Å². The second-order valence-electron chi connectivity index (χ2n) is 14.7. The number of amides is 2. The fourth-order valence-corrected chi connectivity index (χ4v) is 9.53. The van der Waals surface area contributed by atoms with E-state index in [1.54, 1.807) is 54.7 Å². The van der Waals surface area contributed by atoms with Crippen LogP contribution in [0.5, 0.6) is 28.7 Å². The molecule has 8 rings (SSSR count). The van der Waals surface area contributed by atoms with Gasteiger partial charge in [0.05, 0.1) is 69.1 Å². The average Bonchev–Trinajstić information content (AvgIpc) is 3.84. The van der Waals surface area contributed by atoms with Crippen molar-refractivity contribution in [3.63, 3.8) is 0 Å². The summed E-state index contributed by atoms with van der Waals surface area (Å²) in [6.07, 6.45) is 3.56. The molecule has 3 atom stereocenters. The third-order valence-corrected chi connectivity index (χ3v) is 12.9. The fourth-order valence-electron chi connectivity index (χ4n) is 7.87. The smallest absolute Gasteiger partial charge is 1.00 e. The second kappa shape index (κ2) is 19.5. The number of nitrogens with one attached hydrogen (secondary N) is 1. The van der Waals surface area contributed by atoms with Crippen LogP contribution in [0.1, 0.15) is 54.0 Å². The molecule has 0 saturated heterocycles. The van der Waals surface area contributed by atoms with Gasteiger partial charge in [-0.05, 0) is 65.1 Å². The minimum atomic E-state index is -4.88. The van der Waals surface area contributed by atoms with Crippen LogP contribution in [0, 0.1) is 0 Å². The summed E-state index contributed by atoms with van der Waals surface area (Å²) in [6, 6.07) is 17.5. The zero-order valence-corrected chi connectivity index (χ0v) is 41.1. The van der Waals surface area contributed by atoms with Crippen LogP contribution in [0.25, 0.3) is 11.1 Å². The molecule has 4 aromatic carbocycles. The van der Waals surface area contributed by atoms with E-state index in [4.69, 9.17) is 29.4 Å². The number of nitrogens with zero attached hydrogens (tertiary/aromatic N) is 3. The summed E-state index contributed by atoms with van der Waals surface area (Å²) < 4.78 is 100.0. The van der Waals surface area contributed by atoms with Gasteiger partial charge in [0.2, 0.25) is 0 Å². The van der Waals surface area contributed by atoms with Crippen molar-refractivity contribution in [2.24, 2.45) is 4.99 Å². The van der Waals surface area contributed by atoms with Crippen molar-refractivity contribution < 1.29 is 121 Å². The molecule has 0 aliphatic carbocycles. The molecule has 64 heavy (non-hydrogen) atoms. The zero-order chi connectivity index (χ0) is 44.1. The van der Waals surface area contributed by atoms with Gasteiger partial charge in [-0.3, -0.25) is 18.7 Å². The van der Waals surface area contributed by atoms with E-state index >= 15 is 0 Å². The summed E-state index contributed by atoms with van der Waals surface area (Å²) in [5, 5.41) is 0.666. The molecule has 0 fully saturated rings. The number of aliphatic imine (C=N–C) groups is 1. The monoisotopic (exact) mass is 935 g/mol. The first-order chi connectivity index (χ1) is 29.6. The molecule has 2 unspecified atom stereocenters. The molecule has 328 valence electrons. The number of fused-ring (bicyclic) bond motifs is 4. The first-order valence-corrected chi connectivity index (χ1v) is 22.1. The van der Waals surface area contributed by atoms with Crippen molar-refractivity contribution in [3.8, 4) is 28.7 Å². The molecule has 0 bridgehead atoms. The molecule has 0 spiro atoms. The van der Waals surface area contributed by atoms with Crippen LogP contribution in [0.2, 0.25) is 0 Å². The van der Waals surface area contributed by atoms with Crippen LogP contribution in [0.4, 0.5) is 17.1 Å². The Bertz CT molecular complexity index is 2820. The molecule has 22 heteroatoms. The van der Waals surface area contributed by atoms with E-state index in [0.29, 0.717) is 22.6 Å². The molecule has 0 saturated carbocycles. The van der Waals surface area contributed by atoms with Gasteiger partial charge in [-0.25, -0.2) is 4.99 Å². The van der Waals surface area contributed by atoms with Crippen molar-refractivity contribution in [1.82, 2.24) is 9.80 Å². The van der Waals surface area contributed by atoms with Crippen LogP contribution in [-0.4, -0.2) is 105 Å². The Hall–Kier alpha value is -4.61. The van der Waals surface area contributed by atoms with Crippen LogP contribution in [0.15, 0.2) is 90.2 Å². The molecule has 2 amide bonds. The summed E-state index contributed by atoms with van der Waals surface area (Å²) >= 11 is 0. The summed E-state index contributed by atoms with van der Waals surface area (Å²) in [5.41, 5.74) is 9.32. The summed E-state index contributed by atoms with van der Waals surface area (Å²) in [7, 11) is -5.32. The standard InChI is InChI=1S/C42H41N5O13S2.2Na.2H/c1-56-28-11-7-24(8-12-28)26-16-34-40(62(53,54)55)45-32-20-38(36(58-3)18-30(32)42(49)47(34)22-26)60-14-4-13-59-37-19-31-29(17-35(37)57-2)41(48)46-21-25(23-5-9-27(43)10-6-23)15-33(46)39(44-31)61(50,51)52;;;;/h5-12,17-22,33-34,40,45H,4,13-16,43H2,1-3H3,(H,50,51,52)(H,53,54,55);;;;/q;2*+1;2*-1/t33-,34?,40?;;;;/m0..../s1. The van der Waals surface area contributed by atoms with E-state index in [-0.39, 0.29) is 140 Å². The van der Waals surface area contributed by atoms with Crippen molar-refractivity contribution in [2.45, 2.75) is 36.7 Å². The number of ether oxygens (including phenoxy) is 5. The number of nitrogen functional groups attached to an aromatic ring is 1. The van der Waals surface area contributed by atoms with Crippen LogP contribution < -0.4 is 93.8 Å². The Balaban J connectivity index is 0.00000238. The maximum absolute atomic E-state index is 14.0. The van der Waals surface area contributed by atoms with Crippen LogP contribution >= 0.6 is 0 Å². The minimum absolute atomic E-state index is 0. The Morgan fingerprint density at radius 3 is 1.86 bits per heavy atom. The van der Waals surface area contributed by atoms with Gasteiger partial charge in [0.15, 0.2) is 33.4 Å². The average molecular weight is 936 g/mol. The fraction of sp³-hybridized carbons (Fsp3) is 0.262. The molecule has 4 aliphatic heterocycles. The van der Waals surface area contributed by atoms with E-state index in [0.717, 1.165) is 11.1 Å². The van der Waals surface area contributed by atoms with E-state index in [1.165, 1.54) is 61.6 Å². The number of carbonyl (C=O) groups is 2. The van der Waals surface area contributed by atoms with E-state index < -0.39 is 54.6 Å². The van der Waals surface area contributed by atoms with Gasteiger partial charge in [-0.1, -0.05) is 24.3 Å². The number of anilines is 2. The van der Waals surface area contributed by atoms with Gasteiger partial charge in [-0.15, -0.1) is 0 Å². The van der Waals surface area contributed by atoms with Gasteiger partial charge in [0, 0.05) is 43.1 Å². The van der Waals surface area contributed by atoms with E-state index in [2.05, 4.69) is 10.3 Å². The van der Waals surface area contributed by atoms with Gasteiger partial charge in [0.25, 0.3) is 21.9 Å². The molecular weight excluding hydrogens is 893 g/mol. The van der Waals surface area contributed by atoms with Gasteiger partial charge in [0.1, 0.15) is 5.75 Å². The first kappa shape index (κ1) is 48.8. The third-order valence-electron chi connectivity index (χ3n) is 10.9. The summed E-state index contributed by atoms with van der Waals surface area (Å²) in [6.45, 7) is 0.0539. The summed E-state index contributed by atoms with van der Waals surface area (Å²) in [4.78, 5) is 34.7. The van der Waals surface area contributed by atoms with Crippen LogP contribution in [0.3, 0.4) is 0 Å². The minimum Gasteiger partial charge on any atom is -1.00 e. The molecule has 4 aliphatic rings. The first-order valence-electron chi connectivity index (χ1n) is 19.1. The predicted octanol–water partition coefficient (Wildman–Crippen LogP) is -0.542. The number of benzene rings is 4. The Morgan fingerprint density at radius 2 is 1.28 bits per heavy atom. The molecule has 18 nitrogen and oxygen atoms in total. The Morgan fingerprint density at radius 1 is 0.734 bits per heavy atom. The summed E-state index contributed by atoms with van der Waals surface area (Å²) in [5.74, 6) is 0.174. The van der Waals surface area contributed by atoms with Crippen molar-refractivity contribution in [3.05, 3.63) is 107 Å². The predicted molar refractivity (Wildman–Crippen MR) is 230 cm³/mol. The Labute approximate surface area is 416 Å². The topological polar surface area (TPSA) is 246 Å². The maximum atomic E-state index is 14.0. The molecular formula is C42H43N5Na2O13S2. The number of methoxy groups -OCH3 is 3. The number of nitrogens with two attached hydrogens (primary N) is 1. The molecule has 4 aromatic rings. The number of hydrogen-bond acceptors (Lipinski definition) is 14. The number of rotatable bonds is 12.